The number of unbranched alkanes of at least 4 members (excludes halogenated alkanes) is 1. The van der Waals surface area contributed by atoms with Crippen LogP contribution in [0.15, 0.2) is 24.3 Å². The summed E-state index contributed by atoms with van der Waals surface area (Å²) in [6.45, 7) is 5.47. The average molecular weight is 401 g/mol. The first-order valence-corrected chi connectivity index (χ1v) is 11.1. The van der Waals surface area contributed by atoms with Crippen LogP contribution in [0.3, 0.4) is 0 Å². The molecule has 0 aromatic heterocycles. The Morgan fingerprint density at radius 1 is 1.10 bits per heavy atom. The molecular weight excluding hydrogens is 368 g/mol. The van der Waals surface area contributed by atoms with Crippen molar-refractivity contribution in [3.05, 3.63) is 29.8 Å². The molecular formula is C23H32N2O4. The van der Waals surface area contributed by atoms with Crippen LogP contribution in [-0.2, 0) is 25.5 Å². The van der Waals surface area contributed by atoms with E-state index in [-0.39, 0.29) is 24.0 Å². The molecule has 0 aliphatic carbocycles. The summed E-state index contributed by atoms with van der Waals surface area (Å²) >= 11 is 0. The third kappa shape index (κ3) is 4.64. The monoisotopic (exact) mass is 400 g/mol. The van der Waals surface area contributed by atoms with Gasteiger partial charge in [0.25, 0.3) is 0 Å². The largest absolute Gasteiger partial charge is 0.350 e. The molecule has 3 heterocycles. The Hall–Kier alpha value is -1.92. The second-order valence-electron chi connectivity index (χ2n) is 8.45. The minimum atomic E-state index is -0.238. The number of benzene rings is 1. The topological polar surface area (TPSA) is 59.1 Å². The van der Waals surface area contributed by atoms with Gasteiger partial charge in [-0.15, -0.1) is 0 Å². The third-order valence-electron chi connectivity index (χ3n) is 6.43. The molecule has 29 heavy (non-hydrogen) atoms. The lowest BCUT2D eigenvalue weighted by Crippen LogP contribution is -2.44. The van der Waals surface area contributed by atoms with Crippen LogP contribution in [0.4, 0.5) is 5.69 Å². The molecule has 1 aromatic carbocycles. The summed E-state index contributed by atoms with van der Waals surface area (Å²) in [5, 5.41) is 0. The van der Waals surface area contributed by atoms with Gasteiger partial charge in [0.1, 0.15) is 0 Å². The van der Waals surface area contributed by atoms with Crippen molar-refractivity contribution in [1.29, 1.82) is 0 Å². The summed E-state index contributed by atoms with van der Waals surface area (Å²) in [6.07, 6.45) is 5.43. The summed E-state index contributed by atoms with van der Waals surface area (Å²) in [5.41, 5.74) is 2.20. The number of ether oxygens (including phenoxy) is 2. The summed E-state index contributed by atoms with van der Waals surface area (Å²) in [4.78, 5) is 29.3. The van der Waals surface area contributed by atoms with Crippen molar-refractivity contribution in [2.45, 2.75) is 51.7 Å². The number of aryl methyl sites for hydroxylation is 1. The number of hydrogen-bond acceptors (Lipinski definition) is 4. The Kier molecular flexibility index (Phi) is 6.50. The zero-order valence-corrected chi connectivity index (χ0v) is 17.3. The van der Waals surface area contributed by atoms with E-state index in [0.29, 0.717) is 32.1 Å². The molecule has 158 valence electrons. The molecule has 3 aliphatic heterocycles. The summed E-state index contributed by atoms with van der Waals surface area (Å²) < 4.78 is 11.2. The smallest absolute Gasteiger partial charge is 0.228 e. The van der Waals surface area contributed by atoms with Crippen molar-refractivity contribution in [3.8, 4) is 0 Å². The first-order valence-electron chi connectivity index (χ1n) is 11.1. The van der Waals surface area contributed by atoms with Crippen molar-refractivity contribution < 1.29 is 19.1 Å². The fraction of sp³-hybridized carbons (Fsp3) is 0.652. The van der Waals surface area contributed by atoms with Crippen molar-refractivity contribution in [2.75, 3.05) is 37.7 Å². The van der Waals surface area contributed by atoms with Gasteiger partial charge in [-0.25, -0.2) is 0 Å². The molecule has 0 saturated carbocycles. The average Bonchev–Trinajstić information content (AvgIpc) is 3.42. The van der Waals surface area contributed by atoms with Crippen LogP contribution in [0.1, 0.15) is 44.6 Å². The Balaban J connectivity index is 1.31. The zero-order valence-electron chi connectivity index (χ0n) is 17.3. The Morgan fingerprint density at radius 2 is 1.79 bits per heavy atom. The first kappa shape index (κ1) is 20.4. The van der Waals surface area contributed by atoms with Crippen LogP contribution in [0.25, 0.3) is 0 Å². The van der Waals surface area contributed by atoms with Crippen LogP contribution in [0.5, 0.6) is 0 Å². The number of nitrogens with zero attached hydrogens (tertiary/aromatic N) is 2. The lowest BCUT2D eigenvalue weighted by molar-refractivity contribution is -0.140. The van der Waals surface area contributed by atoms with Gasteiger partial charge in [0, 0.05) is 37.7 Å². The van der Waals surface area contributed by atoms with E-state index in [1.807, 2.05) is 17.0 Å². The summed E-state index contributed by atoms with van der Waals surface area (Å²) in [7, 11) is 0. The third-order valence-corrected chi connectivity index (χ3v) is 6.43. The maximum absolute atomic E-state index is 13.0. The van der Waals surface area contributed by atoms with Crippen LogP contribution in [0.2, 0.25) is 0 Å². The van der Waals surface area contributed by atoms with Gasteiger partial charge >= 0.3 is 0 Å². The van der Waals surface area contributed by atoms with Crippen molar-refractivity contribution in [2.24, 2.45) is 11.8 Å². The Labute approximate surface area is 173 Å². The molecule has 0 spiro atoms. The second-order valence-corrected chi connectivity index (χ2v) is 8.45. The highest BCUT2D eigenvalue weighted by Crippen LogP contribution is 2.30. The fourth-order valence-corrected chi connectivity index (χ4v) is 4.65. The molecule has 0 bridgehead atoms. The number of piperidine rings is 1. The first-order chi connectivity index (χ1) is 14.2. The predicted molar refractivity (Wildman–Crippen MR) is 111 cm³/mol. The number of anilines is 1. The maximum Gasteiger partial charge on any atom is 0.228 e. The van der Waals surface area contributed by atoms with E-state index in [1.54, 1.807) is 4.90 Å². The number of amides is 2. The van der Waals surface area contributed by atoms with Crippen LogP contribution in [0, 0.1) is 11.8 Å². The molecule has 2 amide bonds. The van der Waals surface area contributed by atoms with Gasteiger partial charge in [-0.1, -0.05) is 25.5 Å². The van der Waals surface area contributed by atoms with Gasteiger partial charge in [0.05, 0.1) is 19.1 Å². The van der Waals surface area contributed by atoms with E-state index in [0.717, 1.165) is 38.0 Å². The number of rotatable bonds is 6. The van der Waals surface area contributed by atoms with Crippen molar-refractivity contribution in [3.63, 3.8) is 0 Å². The van der Waals surface area contributed by atoms with Gasteiger partial charge in [-0.05, 0) is 43.4 Å². The molecule has 3 saturated heterocycles. The standard InChI is InChI=1S/C23H32N2O4/c1-2-3-4-17-5-7-20(8-6-17)25-16-19(15-21(25)26)22(27)24-11-9-18(10-12-24)23-28-13-14-29-23/h5-8,18-19,23H,2-4,9-16H2,1H3. The zero-order chi connectivity index (χ0) is 20.2. The van der Waals surface area contributed by atoms with Crippen molar-refractivity contribution in [1.82, 2.24) is 4.90 Å². The molecule has 6 nitrogen and oxygen atoms in total. The van der Waals surface area contributed by atoms with E-state index < -0.39 is 0 Å². The van der Waals surface area contributed by atoms with E-state index in [1.165, 1.54) is 18.4 Å². The molecule has 4 rings (SSSR count). The quantitative estimate of drug-likeness (QED) is 0.737. The highest BCUT2D eigenvalue weighted by molar-refractivity contribution is 6.00. The van der Waals surface area contributed by atoms with Gasteiger partial charge < -0.3 is 19.3 Å². The highest BCUT2D eigenvalue weighted by Gasteiger charge is 2.39. The van der Waals surface area contributed by atoms with Gasteiger partial charge in [0.15, 0.2) is 6.29 Å². The maximum atomic E-state index is 13.0. The molecule has 6 heteroatoms. The number of likely N-dealkylation sites (tertiary alicyclic amines) is 1. The number of hydrogen-bond donors (Lipinski definition) is 0. The van der Waals surface area contributed by atoms with E-state index in [2.05, 4.69) is 19.1 Å². The van der Waals surface area contributed by atoms with Crippen LogP contribution in [-0.4, -0.2) is 55.9 Å². The molecule has 1 aromatic rings. The molecule has 0 N–H and O–H groups in total. The van der Waals surface area contributed by atoms with E-state index >= 15 is 0 Å². The summed E-state index contributed by atoms with van der Waals surface area (Å²) in [6, 6.07) is 8.24. The lowest BCUT2D eigenvalue weighted by Gasteiger charge is -2.35. The van der Waals surface area contributed by atoms with Gasteiger partial charge in [-0.3, -0.25) is 9.59 Å². The Bertz CT molecular complexity index is 706. The minimum absolute atomic E-state index is 0.0484. The number of carbonyl (C=O) groups is 2. The lowest BCUT2D eigenvalue weighted by atomic mass is 9.95. The van der Waals surface area contributed by atoms with Gasteiger partial charge in [-0.2, -0.15) is 0 Å². The molecule has 1 unspecified atom stereocenters. The summed E-state index contributed by atoms with van der Waals surface area (Å²) in [5.74, 6) is 0.298. The van der Waals surface area contributed by atoms with E-state index in [4.69, 9.17) is 9.47 Å². The molecule has 3 aliphatic rings. The second kappa shape index (κ2) is 9.26. The fourth-order valence-electron chi connectivity index (χ4n) is 4.65. The highest BCUT2D eigenvalue weighted by atomic mass is 16.7. The van der Waals surface area contributed by atoms with Crippen LogP contribution < -0.4 is 4.90 Å². The predicted octanol–water partition coefficient (Wildman–Crippen LogP) is 2.99. The SMILES string of the molecule is CCCCc1ccc(N2CC(C(=O)N3CCC(C4OCCO4)CC3)CC2=O)cc1. The Morgan fingerprint density at radius 3 is 2.45 bits per heavy atom. The van der Waals surface area contributed by atoms with Crippen LogP contribution >= 0.6 is 0 Å². The molecule has 0 radical (unpaired) electrons. The minimum Gasteiger partial charge on any atom is -0.350 e. The van der Waals surface area contributed by atoms with Crippen molar-refractivity contribution >= 4 is 17.5 Å². The van der Waals surface area contributed by atoms with E-state index in [9.17, 15) is 9.59 Å². The molecule has 1 atom stereocenters. The normalized spacial score (nSPS) is 23.9. The van der Waals surface area contributed by atoms with Gasteiger partial charge in [0.2, 0.25) is 11.8 Å². The molecule has 3 fully saturated rings. The number of carbonyl (C=O) groups excluding carboxylic acids is 2.